The molecule has 0 aromatic carbocycles. The monoisotopic (exact) mass is 126 g/mol. The van der Waals surface area contributed by atoms with Gasteiger partial charge in [0.25, 0.3) is 14.1 Å². The van der Waals surface area contributed by atoms with Gasteiger partial charge in [0.1, 0.15) is 0 Å². The molecule has 0 unspecified atom stereocenters. The largest absolute Gasteiger partial charge is 0.258 e. The minimum absolute atomic E-state index is 0.140. The fraction of sp³-hybridized carbons (Fsp3) is 1.00. The first-order valence-electron chi connectivity index (χ1n) is 3.89. The van der Waals surface area contributed by atoms with Crippen molar-refractivity contribution in [2.24, 2.45) is 0 Å². The van der Waals surface area contributed by atoms with Gasteiger partial charge in [0.05, 0.1) is 0 Å². The van der Waals surface area contributed by atoms with Crippen LogP contribution in [0, 0.1) is 0 Å². The number of rotatable bonds is 0. The third-order valence-electron chi connectivity index (χ3n) is 2.14. The van der Waals surface area contributed by atoms with E-state index >= 15 is 0 Å². The minimum atomic E-state index is -0.140. The highest BCUT2D eigenvalue weighted by atomic mass is 27.2. The summed E-state index contributed by atoms with van der Waals surface area (Å²) in [5.41, 5.74) is 0. The van der Waals surface area contributed by atoms with Gasteiger partial charge in [-0.2, -0.15) is 0 Å². The third-order valence-corrected chi connectivity index (χ3v) is 4.93. The van der Waals surface area contributed by atoms with Gasteiger partial charge >= 0.3 is 0 Å². The van der Waals surface area contributed by atoms with E-state index in [9.17, 15) is 0 Å². The molecule has 0 amide bonds. The highest BCUT2D eigenvalue weighted by Gasteiger charge is 2.11. The average Bonchev–Trinajstić information content (AvgIpc) is 1.94. The normalized spacial score (nSPS) is 22.9. The Labute approximate surface area is 56.7 Å². The second kappa shape index (κ2) is 3.54. The zero-order chi connectivity index (χ0) is 5.82. The maximum atomic E-state index is 2.52. The van der Waals surface area contributed by atoms with Gasteiger partial charge in [-0.3, -0.25) is 0 Å². The van der Waals surface area contributed by atoms with Crippen LogP contribution in [-0.4, -0.2) is 14.1 Å². The predicted molar refractivity (Wildman–Crippen MR) is 39.7 cm³/mol. The van der Waals surface area contributed by atoms with E-state index < -0.39 is 0 Å². The molecule has 0 radical (unpaired) electrons. The molecular weight excluding hydrogens is 111 g/mol. The zero-order valence-corrected chi connectivity index (χ0v) is 6.97. The smallest absolute Gasteiger partial charge is 0.106 e. The molecule has 0 aromatic heterocycles. The summed E-state index contributed by atoms with van der Waals surface area (Å²) in [6, 6.07) is 0. The van der Waals surface area contributed by atoms with Gasteiger partial charge in [0.15, 0.2) is 0 Å². The molecule has 0 aromatic rings. The molecule has 1 heteroatoms. The van der Waals surface area contributed by atoms with E-state index in [1.54, 1.807) is 23.4 Å². The van der Waals surface area contributed by atoms with Crippen LogP contribution in [0.3, 0.4) is 0 Å². The SMILES string of the molecule is [CH3][Al]1[CH2]CCCC[CH2]1. The van der Waals surface area contributed by atoms with E-state index in [-0.39, 0.29) is 14.1 Å². The Balaban J connectivity index is 2.17. The number of hydrogen-bond acceptors (Lipinski definition) is 0. The van der Waals surface area contributed by atoms with Crippen LogP contribution in [0.15, 0.2) is 0 Å². The van der Waals surface area contributed by atoms with Crippen molar-refractivity contribution in [3.63, 3.8) is 0 Å². The molecule has 0 atom stereocenters. The van der Waals surface area contributed by atoms with Crippen LogP contribution in [0.2, 0.25) is 16.4 Å². The van der Waals surface area contributed by atoms with Gasteiger partial charge in [0, 0.05) is 0 Å². The summed E-state index contributed by atoms with van der Waals surface area (Å²) in [5.74, 6) is 2.52. The van der Waals surface area contributed by atoms with E-state index in [4.69, 9.17) is 0 Å². The highest BCUT2D eigenvalue weighted by Crippen LogP contribution is 2.17. The first kappa shape index (κ1) is 6.65. The van der Waals surface area contributed by atoms with Gasteiger partial charge in [-0.25, -0.2) is 0 Å². The fourth-order valence-corrected chi connectivity index (χ4v) is 3.74. The van der Waals surface area contributed by atoms with Gasteiger partial charge in [-0.05, 0) is 0 Å². The van der Waals surface area contributed by atoms with Crippen molar-refractivity contribution in [3.8, 4) is 0 Å². The van der Waals surface area contributed by atoms with Crippen LogP contribution in [0.1, 0.15) is 25.7 Å². The summed E-state index contributed by atoms with van der Waals surface area (Å²) in [6.45, 7) is 0. The van der Waals surface area contributed by atoms with Crippen LogP contribution in [0.5, 0.6) is 0 Å². The average molecular weight is 126 g/mol. The highest BCUT2D eigenvalue weighted by molar-refractivity contribution is 6.57. The summed E-state index contributed by atoms with van der Waals surface area (Å²) in [5, 5.41) is 3.25. The summed E-state index contributed by atoms with van der Waals surface area (Å²) in [6.07, 6.45) is 6.15. The lowest BCUT2D eigenvalue weighted by Crippen LogP contribution is -2.01. The molecule has 8 heavy (non-hydrogen) atoms. The van der Waals surface area contributed by atoms with Gasteiger partial charge < -0.3 is 0 Å². The van der Waals surface area contributed by atoms with Crippen LogP contribution in [0.4, 0.5) is 0 Å². The van der Waals surface area contributed by atoms with Crippen molar-refractivity contribution >= 4 is 14.1 Å². The molecule has 1 rings (SSSR count). The second-order valence-corrected chi connectivity index (χ2v) is 6.46. The molecule has 0 aliphatic carbocycles. The molecule has 1 heterocycles. The first-order chi connectivity index (χ1) is 3.89. The van der Waals surface area contributed by atoms with E-state index in [1.807, 2.05) is 0 Å². The van der Waals surface area contributed by atoms with Crippen LogP contribution in [0.25, 0.3) is 0 Å². The molecule has 1 fully saturated rings. The lowest BCUT2D eigenvalue weighted by molar-refractivity contribution is 0.720. The van der Waals surface area contributed by atoms with Gasteiger partial charge in [-0.15, -0.1) is 5.79 Å². The van der Waals surface area contributed by atoms with Crippen molar-refractivity contribution in [1.29, 1.82) is 0 Å². The van der Waals surface area contributed by atoms with Crippen molar-refractivity contribution in [3.05, 3.63) is 0 Å². The fourth-order valence-electron chi connectivity index (χ4n) is 1.48. The third kappa shape index (κ3) is 2.20. The van der Waals surface area contributed by atoms with Crippen molar-refractivity contribution in [2.75, 3.05) is 0 Å². The maximum absolute atomic E-state index is 2.52. The molecule has 0 N–H and O–H groups in total. The summed E-state index contributed by atoms with van der Waals surface area (Å²) in [4.78, 5) is 0. The van der Waals surface area contributed by atoms with E-state index in [1.165, 1.54) is 12.8 Å². The number of hydrogen-bond donors (Lipinski definition) is 0. The van der Waals surface area contributed by atoms with E-state index in [0.29, 0.717) is 0 Å². The Morgan fingerprint density at radius 2 is 1.38 bits per heavy atom. The quantitative estimate of drug-likeness (QED) is 0.438. The molecule has 0 nitrogen and oxygen atoms in total. The van der Waals surface area contributed by atoms with Crippen LogP contribution < -0.4 is 0 Å². The molecule has 1 aliphatic heterocycles. The molecular formula is C7H15Al. The molecule has 0 bridgehead atoms. The predicted octanol–water partition coefficient (Wildman–Crippen LogP) is 2.69. The van der Waals surface area contributed by atoms with Gasteiger partial charge in [0.2, 0.25) is 0 Å². The Hall–Kier alpha value is 0.532. The summed E-state index contributed by atoms with van der Waals surface area (Å²) >= 11 is -0.140. The topological polar surface area (TPSA) is 0 Å². The first-order valence-corrected chi connectivity index (χ1v) is 6.68. The lowest BCUT2D eigenvalue weighted by atomic mass is 10.2. The summed E-state index contributed by atoms with van der Waals surface area (Å²) < 4.78 is 0. The van der Waals surface area contributed by atoms with Gasteiger partial charge in [-0.1, -0.05) is 36.2 Å². The molecule has 1 saturated heterocycles. The second-order valence-electron chi connectivity index (χ2n) is 3.10. The lowest BCUT2D eigenvalue weighted by Gasteiger charge is -1.95. The minimum Gasteiger partial charge on any atom is -0.106 e. The van der Waals surface area contributed by atoms with Crippen LogP contribution >= 0.6 is 0 Å². The Kier molecular flexibility index (Phi) is 2.94. The Bertz CT molecular complexity index is 53.4. The van der Waals surface area contributed by atoms with E-state index in [2.05, 4.69) is 5.79 Å². The van der Waals surface area contributed by atoms with Crippen molar-refractivity contribution in [1.82, 2.24) is 0 Å². The van der Waals surface area contributed by atoms with Crippen LogP contribution in [-0.2, 0) is 0 Å². The molecule has 0 spiro atoms. The van der Waals surface area contributed by atoms with E-state index in [0.717, 1.165) is 0 Å². The molecule has 0 saturated carbocycles. The zero-order valence-electron chi connectivity index (χ0n) is 5.82. The Morgan fingerprint density at radius 1 is 0.875 bits per heavy atom. The molecule has 46 valence electrons. The standard InChI is InChI=1S/C6H12.CH3.Al/c1-3-5-6-4-2;;/h1-6H2;1H3;. The van der Waals surface area contributed by atoms with Crippen molar-refractivity contribution in [2.45, 2.75) is 42.0 Å². The molecule has 1 aliphatic rings. The Morgan fingerprint density at radius 3 is 1.88 bits per heavy atom. The summed E-state index contributed by atoms with van der Waals surface area (Å²) in [7, 11) is 0. The maximum Gasteiger partial charge on any atom is 0.258 e. The van der Waals surface area contributed by atoms with Crippen molar-refractivity contribution < 1.29 is 0 Å².